The van der Waals surface area contributed by atoms with E-state index < -0.39 is 0 Å². The first-order valence-corrected chi connectivity index (χ1v) is 5.47. The number of imidazole rings is 1. The Bertz CT molecular complexity index is 673. The van der Waals surface area contributed by atoms with Crippen molar-refractivity contribution in [2.45, 2.75) is 6.54 Å². The maximum absolute atomic E-state index is 5.91. The number of aromatic nitrogens is 3. The predicted octanol–water partition coefficient (Wildman–Crippen LogP) is 1.66. The highest BCUT2D eigenvalue weighted by atomic mass is 16.5. The Morgan fingerprint density at radius 2 is 2.28 bits per heavy atom. The number of nitrogens with zero attached hydrogens (tertiary/aromatic N) is 3. The van der Waals surface area contributed by atoms with Crippen molar-refractivity contribution in [1.29, 1.82) is 0 Å². The summed E-state index contributed by atoms with van der Waals surface area (Å²) in [6, 6.07) is 7.43. The number of hydrogen-bond acceptors (Lipinski definition) is 5. The Kier molecular flexibility index (Phi) is 2.40. The van der Waals surface area contributed by atoms with Gasteiger partial charge in [0.15, 0.2) is 0 Å². The Labute approximate surface area is 103 Å². The molecule has 0 bridgehead atoms. The molecule has 0 aliphatic rings. The summed E-state index contributed by atoms with van der Waals surface area (Å²) in [5, 5.41) is 3.87. The van der Waals surface area contributed by atoms with E-state index in [9.17, 15) is 0 Å². The standard InChI is InChI=1S/C12H12N4O2/c1-17-9-2-3-10-11(6-9)16(12(13)14-10)7-8-4-5-18-15-8/h2-6H,7H2,1H3,(H2,13,14). The summed E-state index contributed by atoms with van der Waals surface area (Å²) in [5.74, 6) is 1.21. The second kappa shape index (κ2) is 4.06. The van der Waals surface area contributed by atoms with Crippen LogP contribution in [-0.2, 0) is 6.54 Å². The zero-order valence-corrected chi connectivity index (χ0v) is 9.83. The van der Waals surface area contributed by atoms with Crippen LogP contribution in [0.4, 0.5) is 5.95 Å². The molecule has 0 amide bonds. The van der Waals surface area contributed by atoms with Crippen LogP contribution in [0.2, 0.25) is 0 Å². The number of hydrogen-bond donors (Lipinski definition) is 1. The fraction of sp³-hybridized carbons (Fsp3) is 0.167. The molecule has 92 valence electrons. The molecule has 18 heavy (non-hydrogen) atoms. The molecule has 0 radical (unpaired) electrons. The molecule has 0 aliphatic heterocycles. The second-order valence-electron chi connectivity index (χ2n) is 3.90. The molecule has 0 spiro atoms. The van der Waals surface area contributed by atoms with Gasteiger partial charge >= 0.3 is 0 Å². The average Bonchev–Trinajstić information content (AvgIpc) is 2.99. The first kappa shape index (κ1) is 10.6. The van der Waals surface area contributed by atoms with Crippen LogP contribution in [0.15, 0.2) is 35.1 Å². The van der Waals surface area contributed by atoms with E-state index in [0.29, 0.717) is 12.5 Å². The third kappa shape index (κ3) is 1.67. The van der Waals surface area contributed by atoms with Crippen molar-refractivity contribution in [3.63, 3.8) is 0 Å². The van der Waals surface area contributed by atoms with E-state index in [1.807, 2.05) is 22.8 Å². The lowest BCUT2D eigenvalue weighted by Gasteiger charge is -2.04. The smallest absolute Gasteiger partial charge is 0.201 e. The molecule has 0 saturated heterocycles. The zero-order valence-electron chi connectivity index (χ0n) is 9.83. The first-order valence-electron chi connectivity index (χ1n) is 5.47. The summed E-state index contributed by atoms with van der Waals surface area (Å²) in [4.78, 5) is 4.30. The topological polar surface area (TPSA) is 79.1 Å². The molecule has 2 aromatic heterocycles. The van der Waals surface area contributed by atoms with Crippen molar-refractivity contribution < 1.29 is 9.26 Å². The van der Waals surface area contributed by atoms with Gasteiger partial charge in [0.1, 0.15) is 17.7 Å². The van der Waals surface area contributed by atoms with E-state index >= 15 is 0 Å². The molecular weight excluding hydrogens is 232 g/mol. The van der Waals surface area contributed by atoms with Crippen molar-refractivity contribution in [1.82, 2.24) is 14.7 Å². The minimum absolute atomic E-state index is 0.446. The fourth-order valence-electron chi connectivity index (χ4n) is 1.90. The van der Waals surface area contributed by atoms with Gasteiger partial charge in [0.05, 0.1) is 24.7 Å². The molecule has 0 fully saturated rings. The Balaban J connectivity index is 2.11. The van der Waals surface area contributed by atoms with Crippen LogP contribution >= 0.6 is 0 Å². The van der Waals surface area contributed by atoms with Gasteiger partial charge in [0.25, 0.3) is 0 Å². The molecule has 0 unspecified atom stereocenters. The van der Waals surface area contributed by atoms with Crippen LogP contribution < -0.4 is 10.5 Å². The van der Waals surface area contributed by atoms with Crippen LogP contribution in [0, 0.1) is 0 Å². The summed E-state index contributed by atoms with van der Waals surface area (Å²) in [6.07, 6.45) is 1.53. The maximum Gasteiger partial charge on any atom is 0.201 e. The summed E-state index contributed by atoms with van der Waals surface area (Å²) in [6.45, 7) is 0.520. The van der Waals surface area contributed by atoms with E-state index in [1.165, 1.54) is 6.26 Å². The van der Waals surface area contributed by atoms with Crippen molar-refractivity contribution in [2.24, 2.45) is 0 Å². The quantitative estimate of drug-likeness (QED) is 0.758. The zero-order chi connectivity index (χ0) is 12.5. The second-order valence-corrected chi connectivity index (χ2v) is 3.90. The molecule has 6 heteroatoms. The minimum atomic E-state index is 0.446. The molecule has 2 heterocycles. The molecule has 3 rings (SSSR count). The molecule has 0 saturated carbocycles. The van der Waals surface area contributed by atoms with Gasteiger partial charge in [-0.05, 0) is 12.1 Å². The molecule has 1 aromatic carbocycles. The molecule has 6 nitrogen and oxygen atoms in total. The number of nitrogens with two attached hydrogens (primary N) is 1. The van der Waals surface area contributed by atoms with Gasteiger partial charge in [-0.15, -0.1) is 0 Å². The summed E-state index contributed by atoms with van der Waals surface area (Å²) >= 11 is 0. The predicted molar refractivity (Wildman–Crippen MR) is 66.3 cm³/mol. The van der Waals surface area contributed by atoms with Crippen molar-refractivity contribution in [3.8, 4) is 5.75 Å². The van der Waals surface area contributed by atoms with Crippen molar-refractivity contribution in [3.05, 3.63) is 36.2 Å². The van der Waals surface area contributed by atoms with Crippen LogP contribution in [0.5, 0.6) is 5.75 Å². The SMILES string of the molecule is COc1ccc2nc(N)n(Cc3ccon3)c2c1. The van der Waals surface area contributed by atoms with E-state index in [0.717, 1.165) is 22.5 Å². The van der Waals surface area contributed by atoms with Crippen LogP contribution in [0.1, 0.15) is 5.69 Å². The Hall–Kier alpha value is -2.50. The maximum atomic E-state index is 5.91. The lowest BCUT2D eigenvalue weighted by atomic mass is 10.3. The number of ether oxygens (including phenoxy) is 1. The van der Waals surface area contributed by atoms with Gasteiger partial charge in [-0.25, -0.2) is 4.98 Å². The monoisotopic (exact) mass is 244 g/mol. The van der Waals surface area contributed by atoms with Gasteiger partial charge in [-0.3, -0.25) is 0 Å². The highest BCUT2D eigenvalue weighted by molar-refractivity contribution is 5.80. The molecule has 0 atom stereocenters. The number of benzene rings is 1. The van der Waals surface area contributed by atoms with Gasteiger partial charge in [-0.2, -0.15) is 0 Å². The summed E-state index contributed by atoms with van der Waals surface area (Å²) < 4.78 is 11.9. The first-order chi connectivity index (χ1) is 8.78. The van der Waals surface area contributed by atoms with E-state index in [-0.39, 0.29) is 0 Å². The van der Waals surface area contributed by atoms with Crippen LogP contribution in [-0.4, -0.2) is 21.8 Å². The van der Waals surface area contributed by atoms with E-state index in [4.69, 9.17) is 15.0 Å². The van der Waals surface area contributed by atoms with E-state index in [1.54, 1.807) is 13.2 Å². The van der Waals surface area contributed by atoms with Crippen LogP contribution in [0.25, 0.3) is 11.0 Å². The molecule has 3 aromatic rings. The van der Waals surface area contributed by atoms with Crippen LogP contribution in [0.3, 0.4) is 0 Å². The molecular formula is C12H12N4O2. The van der Waals surface area contributed by atoms with E-state index in [2.05, 4.69) is 10.1 Å². The van der Waals surface area contributed by atoms with Crippen molar-refractivity contribution in [2.75, 3.05) is 12.8 Å². The van der Waals surface area contributed by atoms with Gasteiger partial charge in [0, 0.05) is 12.1 Å². The summed E-state index contributed by atoms with van der Waals surface area (Å²) in [7, 11) is 1.63. The Morgan fingerprint density at radius 3 is 3.00 bits per heavy atom. The van der Waals surface area contributed by atoms with Crippen molar-refractivity contribution >= 4 is 17.0 Å². The number of nitrogen functional groups attached to an aromatic ring is 1. The third-order valence-electron chi connectivity index (χ3n) is 2.80. The number of methoxy groups -OCH3 is 1. The molecule has 0 aliphatic carbocycles. The largest absolute Gasteiger partial charge is 0.497 e. The van der Waals surface area contributed by atoms with Gasteiger partial charge in [-0.1, -0.05) is 5.16 Å². The fourth-order valence-corrected chi connectivity index (χ4v) is 1.90. The lowest BCUT2D eigenvalue weighted by molar-refractivity contribution is 0.410. The highest BCUT2D eigenvalue weighted by Gasteiger charge is 2.10. The molecule has 2 N–H and O–H groups in total. The average molecular weight is 244 g/mol. The summed E-state index contributed by atoms with van der Waals surface area (Å²) in [5.41, 5.74) is 8.45. The van der Waals surface area contributed by atoms with Gasteiger partial charge < -0.3 is 19.6 Å². The minimum Gasteiger partial charge on any atom is -0.497 e. The normalized spacial score (nSPS) is 10.9. The highest BCUT2D eigenvalue weighted by Crippen LogP contribution is 2.23. The number of anilines is 1. The Morgan fingerprint density at radius 1 is 1.39 bits per heavy atom. The number of fused-ring (bicyclic) bond motifs is 1. The van der Waals surface area contributed by atoms with Gasteiger partial charge in [0.2, 0.25) is 5.95 Å². The third-order valence-corrected chi connectivity index (χ3v) is 2.80. The number of rotatable bonds is 3. The lowest BCUT2D eigenvalue weighted by Crippen LogP contribution is -2.04.